The van der Waals surface area contributed by atoms with Crippen LogP contribution in [0.15, 0.2) is 22.7 Å². The SMILES string of the molecule is CCNCc1ccc(N2CCCC(C)(OC)C2)cc1Br. The van der Waals surface area contributed by atoms with E-state index in [1.54, 1.807) is 0 Å². The van der Waals surface area contributed by atoms with Crippen molar-refractivity contribution in [1.29, 1.82) is 0 Å². The number of methoxy groups -OCH3 is 1. The molecule has 4 heteroatoms. The number of nitrogens with zero attached hydrogens (tertiary/aromatic N) is 1. The molecule has 1 aromatic carbocycles. The van der Waals surface area contributed by atoms with Crippen LogP contribution in [-0.4, -0.2) is 32.3 Å². The minimum atomic E-state index is -0.0207. The van der Waals surface area contributed by atoms with Crippen LogP contribution in [0.3, 0.4) is 0 Å². The number of piperidine rings is 1. The van der Waals surface area contributed by atoms with Gasteiger partial charge in [0, 0.05) is 36.9 Å². The summed E-state index contributed by atoms with van der Waals surface area (Å²) in [5.41, 5.74) is 2.56. The Labute approximate surface area is 130 Å². The predicted octanol–water partition coefficient (Wildman–Crippen LogP) is 3.56. The Morgan fingerprint density at radius 1 is 1.45 bits per heavy atom. The zero-order chi connectivity index (χ0) is 14.6. The fourth-order valence-electron chi connectivity index (χ4n) is 2.73. The van der Waals surface area contributed by atoms with E-state index in [1.165, 1.54) is 22.1 Å². The lowest BCUT2D eigenvalue weighted by Crippen LogP contribution is -2.47. The Kier molecular flexibility index (Phi) is 5.47. The first-order chi connectivity index (χ1) is 9.58. The van der Waals surface area contributed by atoms with Gasteiger partial charge in [0.15, 0.2) is 0 Å². The van der Waals surface area contributed by atoms with Gasteiger partial charge in [-0.05, 0) is 44.0 Å². The summed E-state index contributed by atoms with van der Waals surface area (Å²) in [5.74, 6) is 0. The molecule has 1 atom stereocenters. The van der Waals surface area contributed by atoms with Crippen LogP contribution in [0.25, 0.3) is 0 Å². The lowest BCUT2D eigenvalue weighted by molar-refractivity contribution is -0.00465. The first-order valence-electron chi connectivity index (χ1n) is 7.37. The van der Waals surface area contributed by atoms with E-state index in [9.17, 15) is 0 Å². The molecule has 0 spiro atoms. The summed E-state index contributed by atoms with van der Waals surface area (Å²) in [6.07, 6.45) is 2.32. The molecule has 0 aromatic heterocycles. The standard InChI is InChI=1S/C16H25BrN2O/c1-4-18-11-13-6-7-14(10-15(13)17)19-9-5-8-16(2,12-19)20-3/h6-7,10,18H,4-5,8-9,11-12H2,1-3H3. The van der Waals surface area contributed by atoms with Crippen LogP contribution in [-0.2, 0) is 11.3 Å². The Bertz CT molecular complexity index is 452. The van der Waals surface area contributed by atoms with Gasteiger partial charge in [-0.3, -0.25) is 0 Å². The molecule has 1 N–H and O–H groups in total. The van der Waals surface area contributed by atoms with Crippen molar-refractivity contribution in [1.82, 2.24) is 5.32 Å². The van der Waals surface area contributed by atoms with Crippen LogP contribution in [0, 0.1) is 0 Å². The first-order valence-corrected chi connectivity index (χ1v) is 8.16. The highest BCUT2D eigenvalue weighted by atomic mass is 79.9. The number of ether oxygens (including phenoxy) is 1. The molecule has 1 aromatic rings. The van der Waals surface area contributed by atoms with Crippen molar-refractivity contribution < 1.29 is 4.74 Å². The third-order valence-corrected chi connectivity index (χ3v) is 4.86. The Morgan fingerprint density at radius 3 is 2.90 bits per heavy atom. The number of hydrogen-bond donors (Lipinski definition) is 1. The Balaban J connectivity index is 2.11. The molecule has 1 unspecified atom stereocenters. The van der Waals surface area contributed by atoms with Gasteiger partial charge in [-0.2, -0.15) is 0 Å². The molecule has 0 radical (unpaired) electrons. The van der Waals surface area contributed by atoms with Crippen molar-refractivity contribution in [2.75, 3.05) is 31.6 Å². The largest absolute Gasteiger partial charge is 0.377 e. The summed E-state index contributed by atoms with van der Waals surface area (Å²) >= 11 is 3.69. The van der Waals surface area contributed by atoms with Gasteiger partial charge in [-0.25, -0.2) is 0 Å². The molecule has 0 bridgehead atoms. The van der Waals surface area contributed by atoms with E-state index in [4.69, 9.17) is 4.74 Å². The normalized spacial score (nSPS) is 23.1. The van der Waals surface area contributed by atoms with Crippen molar-refractivity contribution in [3.63, 3.8) is 0 Å². The maximum absolute atomic E-state index is 5.67. The highest BCUT2D eigenvalue weighted by molar-refractivity contribution is 9.10. The van der Waals surface area contributed by atoms with Gasteiger partial charge in [-0.15, -0.1) is 0 Å². The molecule has 2 rings (SSSR count). The average molecular weight is 341 g/mol. The van der Waals surface area contributed by atoms with Crippen LogP contribution in [0.2, 0.25) is 0 Å². The van der Waals surface area contributed by atoms with E-state index < -0.39 is 0 Å². The van der Waals surface area contributed by atoms with Gasteiger partial charge in [-0.1, -0.05) is 28.9 Å². The van der Waals surface area contributed by atoms with Crippen molar-refractivity contribution in [2.24, 2.45) is 0 Å². The second-order valence-electron chi connectivity index (χ2n) is 5.74. The van der Waals surface area contributed by atoms with E-state index in [0.29, 0.717) is 0 Å². The summed E-state index contributed by atoms with van der Waals surface area (Å²) in [4.78, 5) is 2.43. The number of nitrogens with one attached hydrogen (secondary N) is 1. The lowest BCUT2D eigenvalue weighted by Gasteiger charge is -2.40. The van der Waals surface area contributed by atoms with Crippen molar-refractivity contribution in [2.45, 2.75) is 38.8 Å². The third-order valence-electron chi connectivity index (χ3n) is 4.12. The monoisotopic (exact) mass is 340 g/mol. The summed E-state index contributed by atoms with van der Waals surface area (Å²) in [6.45, 7) is 8.30. The predicted molar refractivity (Wildman–Crippen MR) is 88.4 cm³/mol. The van der Waals surface area contributed by atoms with Gasteiger partial charge in [0.25, 0.3) is 0 Å². The van der Waals surface area contributed by atoms with E-state index in [1.807, 2.05) is 7.11 Å². The Morgan fingerprint density at radius 2 is 2.25 bits per heavy atom. The maximum atomic E-state index is 5.67. The molecule has 1 heterocycles. The third kappa shape index (κ3) is 3.74. The summed E-state index contributed by atoms with van der Waals surface area (Å²) in [7, 11) is 1.82. The molecule has 20 heavy (non-hydrogen) atoms. The fraction of sp³-hybridized carbons (Fsp3) is 0.625. The molecule has 3 nitrogen and oxygen atoms in total. The highest BCUT2D eigenvalue weighted by Crippen LogP contribution is 2.30. The number of anilines is 1. The topological polar surface area (TPSA) is 24.5 Å². The molecule has 0 amide bonds. The number of hydrogen-bond acceptors (Lipinski definition) is 3. The van der Waals surface area contributed by atoms with Crippen LogP contribution < -0.4 is 10.2 Å². The first kappa shape index (κ1) is 15.8. The van der Waals surface area contributed by atoms with E-state index in [0.717, 1.165) is 32.6 Å². The molecule has 0 aliphatic carbocycles. The van der Waals surface area contributed by atoms with Crippen LogP contribution in [0.4, 0.5) is 5.69 Å². The van der Waals surface area contributed by atoms with E-state index in [2.05, 4.69) is 58.2 Å². The molecular weight excluding hydrogens is 316 g/mol. The summed E-state index contributed by atoms with van der Waals surface area (Å²) in [5, 5.41) is 3.36. The molecule has 0 saturated carbocycles. The molecule has 1 saturated heterocycles. The lowest BCUT2D eigenvalue weighted by atomic mass is 9.94. The van der Waals surface area contributed by atoms with Crippen molar-refractivity contribution in [3.8, 4) is 0 Å². The van der Waals surface area contributed by atoms with E-state index >= 15 is 0 Å². The second kappa shape index (κ2) is 6.92. The molecule has 1 fully saturated rings. The minimum absolute atomic E-state index is 0.0207. The quantitative estimate of drug-likeness (QED) is 0.886. The maximum Gasteiger partial charge on any atom is 0.0825 e. The number of rotatable bonds is 5. The molecular formula is C16H25BrN2O. The van der Waals surface area contributed by atoms with Crippen molar-refractivity contribution >= 4 is 21.6 Å². The summed E-state index contributed by atoms with van der Waals surface area (Å²) in [6, 6.07) is 6.66. The zero-order valence-corrected chi connectivity index (χ0v) is 14.3. The van der Waals surface area contributed by atoms with Gasteiger partial charge in [0.05, 0.1) is 5.60 Å². The molecule has 112 valence electrons. The fourth-order valence-corrected chi connectivity index (χ4v) is 3.24. The molecule has 1 aliphatic heterocycles. The summed E-state index contributed by atoms with van der Waals surface area (Å²) < 4.78 is 6.86. The van der Waals surface area contributed by atoms with Crippen LogP contribution in [0.5, 0.6) is 0 Å². The second-order valence-corrected chi connectivity index (χ2v) is 6.59. The van der Waals surface area contributed by atoms with Gasteiger partial charge in [0.1, 0.15) is 0 Å². The molecule has 1 aliphatic rings. The highest BCUT2D eigenvalue weighted by Gasteiger charge is 2.30. The number of halogens is 1. The smallest absolute Gasteiger partial charge is 0.0825 e. The Hall–Kier alpha value is -0.580. The number of benzene rings is 1. The average Bonchev–Trinajstić information content (AvgIpc) is 2.46. The zero-order valence-electron chi connectivity index (χ0n) is 12.7. The van der Waals surface area contributed by atoms with Crippen LogP contribution in [0.1, 0.15) is 32.3 Å². The van der Waals surface area contributed by atoms with Crippen molar-refractivity contribution in [3.05, 3.63) is 28.2 Å². The minimum Gasteiger partial charge on any atom is -0.377 e. The van der Waals surface area contributed by atoms with Gasteiger partial charge >= 0.3 is 0 Å². The van der Waals surface area contributed by atoms with Gasteiger partial charge < -0.3 is 15.0 Å². The van der Waals surface area contributed by atoms with E-state index in [-0.39, 0.29) is 5.60 Å². The van der Waals surface area contributed by atoms with Crippen LogP contribution >= 0.6 is 15.9 Å². The van der Waals surface area contributed by atoms with Gasteiger partial charge in [0.2, 0.25) is 0 Å².